The van der Waals surface area contributed by atoms with Gasteiger partial charge in [0.2, 0.25) is 0 Å². The number of benzene rings is 1. The lowest BCUT2D eigenvalue weighted by atomic mass is 10.3. The minimum absolute atomic E-state index is 0.967. The van der Waals surface area contributed by atoms with Crippen molar-refractivity contribution >= 4 is 18.3 Å². The quantitative estimate of drug-likeness (QED) is 0.567. The van der Waals surface area contributed by atoms with Crippen LogP contribution in [0.25, 0.3) is 0 Å². The van der Waals surface area contributed by atoms with Crippen LogP contribution >= 0.6 is 12.6 Å². The summed E-state index contributed by atoms with van der Waals surface area (Å²) in [6, 6.07) is 7.89. The van der Waals surface area contributed by atoms with Crippen molar-refractivity contribution in [3.8, 4) is 0 Å². The lowest BCUT2D eigenvalue weighted by Crippen LogP contribution is -2.35. The molecule has 1 heterocycles. The van der Waals surface area contributed by atoms with Gasteiger partial charge in [0.15, 0.2) is 0 Å². The van der Waals surface area contributed by atoms with Crippen LogP contribution in [-0.2, 0) is 0 Å². The number of nitrogens with zero attached hydrogens (tertiary/aromatic N) is 1. The Morgan fingerprint density at radius 1 is 1.17 bits per heavy atom. The molecule has 0 saturated carbocycles. The van der Waals surface area contributed by atoms with E-state index >= 15 is 0 Å². The van der Waals surface area contributed by atoms with Crippen molar-refractivity contribution in [2.75, 3.05) is 5.01 Å². The van der Waals surface area contributed by atoms with Gasteiger partial charge in [-0.2, -0.15) is 0 Å². The summed E-state index contributed by atoms with van der Waals surface area (Å²) >= 11 is 4.20. The summed E-state index contributed by atoms with van der Waals surface area (Å²) in [4.78, 5) is 0.967. The molecule has 4 heteroatoms. The van der Waals surface area contributed by atoms with Crippen LogP contribution in [0.2, 0.25) is 0 Å². The third-order valence-corrected chi connectivity index (χ3v) is 1.92. The molecule has 12 heavy (non-hydrogen) atoms. The Labute approximate surface area is 76.4 Å². The predicted molar refractivity (Wildman–Crippen MR) is 51.6 cm³/mol. The monoisotopic (exact) mass is 179 g/mol. The smallest absolute Gasteiger partial charge is 0.0590 e. The molecule has 0 atom stereocenters. The summed E-state index contributed by atoms with van der Waals surface area (Å²) in [5, 5.41) is 1.88. The molecular weight excluding hydrogens is 170 g/mol. The molecule has 0 spiro atoms. The van der Waals surface area contributed by atoms with Gasteiger partial charge in [0.25, 0.3) is 0 Å². The summed E-state index contributed by atoms with van der Waals surface area (Å²) in [6.07, 6.45) is 3.74. The largest absolute Gasteiger partial charge is 0.309 e. The minimum atomic E-state index is 0.967. The van der Waals surface area contributed by atoms with E-state index in [0.29, 0.717) is 0 Å². The lowest BCUT2D eigenvalue weighted by molar-refractivity contribution is 0.680. The van der Waals surface area contributed by atoms with Crippen LogP contribution in [0.4, 0.5) is 5.69 Å². The van der Waals surface area contributed by atoms with Crippen molar-refractivity contribution in [3.05, 3.63) is 36.7 Å². The molecule has 0 unspecified atom stereocenters. The molecule has 0 fully saturated rings. The van der Waals surface area contributed by atoms with Crippen molar-refractivity contribution in [2.45, 2.75) is 4.90 Å². The fourth-order valence-electron chi connectivity index (χ4n) is 1.02. The molecule has 1 aromatic carbocycles. The number of anilines is 1. The maximum absolute atomic E-state index is 4.20. The molecular formula is C8H9N3S. The number of hydrogen-bond donors (Lipinski definition) is 3. The standard InChI is InChI=1S/C8H9N3S/c12-8-3-1-7(2-4-8)11-6-5-9-10-11/h1-6,9-10,12H. The van der Waals surface area contributed by atoms with Gasteiger partial charge in [0.05, 0.1) is 5.69 Å². The topological polar surface area (TPSA) is 27.3 Å². The van der Waals surface area contributed by atoms with E-state index in [4.69, 9.17) is 0 Å². The van der Waals surface area contributed by atoms with Crippen LogP contribution in [0.1, 0.15) is 0 Å². The fraction of sp³-hybridized carbons (Fsp3) is 0. The first kappa shape index (κ1) is 7.52. The first-order valence-corrected chi connectivity index (χ1v) is 4.07. The second kappa shape index (κ2) is 3.08. The Kier molecular flexibility index (Phi) is 1.93. The van der Waals surface area contributed by atoms with Gasteiger partial charge in [-0.25, -0.2) is 0 Å². The Hall–Kier alpha value is -1.13. The second-order valence-corrected chi connectivity index (χ2v) is 2.97. The molecule has 3 nitrogen and oxygen atoms in total. The third kappa shape index (κ3) is 1.39. The molecule has 1 aliphatic rings. The van der Waals surface area contributed by atoms with Crippen molar-refractivity contribution in [1.82, 2.24) is 11.0 Å². The van der Waals surface area contributed by atoms with Crippen molar-refractivity contribution in [1.29, 1.82) is 0 Å². The van der Waals surface area contributed by atoms with Crippen molar-refractivity contribution < 1.29 is 0 Å². The first-order valence-electron chi connectivity index (χ1n) is 3.62. The summed E-state index contributed by atoms with van der Waals surface area (Å²) in [6.45, 7) is 0. The molecule has 0 bridgehead atoms. The highest BCUT2D eigenvalue weighted by Crippen LogP contribution is 2.16. The van der Waals surface area contributed by atoms with Crippen molar-refractivity contribution in [3.63, 3.8) is 0 Å². The van der Waals surface area contributed by atoms with Gasteiger partial charge in [-0.05, 0) is 24.3 Å². The fourth-order valence-corrected chi connectivity index (χ4v) is 1.17. The maximum atomic E-state index is 4.20. The molecule has 0 amide bonds. The normalized spacial score (nSPS) is 14.9. The zero-order valence-corrected chi connectivity index (χ0v) is 7.25. The van der Waals surface area contributed by atoms with Gasteiger partial charge >= 0.3 is 0 Å². The Morgan fingerprint density at radius 3 is 2.50 bits per heavy atom. The zero-order chi connectivity index (χ0) is 8.39. The average Bonchev–Trinajstić information content (AvgIpc) is 2.58. The van der Waals surface area contributed by atoms with Gasteiger partial charge in [-0.15, -0.1) is 18.2 Å². The van der Waals surface area contributed by atoms with E-state index in [1.165, 1.54) is 0 Å². The van der Waals surface area contributed by atoms with E-state index in [2.05, 4.69) is 23.6 Å². The van der Waals surface area contributed by atoms with E-state index in [9.17, 15) is 0 Å². The first-order chi connectivity index (χ1) is 5.86. The van der Waals surface area contributed by atoms with Gasteiger partial charge < -0.3 is 5.43 Å². The van der Waals surface area contributed by atoms with E-state index in [1.54, 1.807) is 0 Å². The molecule has 0 aromatic heterocycles. The van der Waals surface area contributed by atoms with E-state index in [1.807, 2.05) is 41.7 Å². The highest BCUT2D eigenvalue weighted by molar-refractivity contribution is 7.80. The summed E-state index contributed by atoms with van der Waals surface area (Å²) in [7, 11) is 0. The number of thiol groups is 1. The Balaban J connectivity index is 2.23. The average molecular weight is 179 g/mol. The van der Waals surface area contributed by atoms with E-state index in [-0.39, 0.29) is 0 Å². The zero-order valence-electron chi connectivity index (χ0n) is 6.36. The predicted octanol–water partition coefficient (Wildman–Crippen LogP) is 1.28. The highest BCUT2D eigenvalue weighted by atomic mass is 32.1. The SMILES string of the molecule is Sc1ccc(N2C=CNN2)cc1. The summed E-state index contributed by atoms with van der Waals surface area (Å²) in [5.74, 6) is 0. The Morgan fingerprint density at radius 2 is 1.92 bits per heavy atom. The van der Waals surface area contributed by atoms with Crippen LogP contribution in [0.3, 0.4) is 0 Å². The van der Waals surface area contributed by atoms with E-state index < -0.39 is 0 Å². The van der Waals surface area contributed by atoms with Gasteiger partial charge in [0, 0.05) is 17.3 Å². The number of hydrazine groups is 2. The highest BCUT2D eigenvalue weighted by Gasteiger charge is 2.03. The lowest BCUT2D eigenvalue weighted by Gasteiger charge is -2.14. The van der Waals surface area contributed by atoms with Crippen LogP contribution < -0.4 is 16.0 Å². The second-order valence-electron chi connectivity index (χ2n) is 2.46. The molecule has 0 saturated heterocycles. The number of rotatable bonds is 1. The van der Waals surface area contributed by atoms with Crippen LogP contribution in [-0.4, -0.2) is 0 Å². The molecule has 0 aliphatic carbocycles. The summed E-state index contributed by atoms with van der Waals surface area (Å²) < 4.78 is 0. The van der Waals surface area contributed by atoms with Crippen molar-refractivity contribution in [2.24, 2.45) is 0 Å². The van der Waals surface area contributed by atoms with Gasteiger partial charge in [-0.1, -0.05) is 0 Å². The molecule has 1 aliphatic heterocycles. The number of hydrogen-bond acceptors (Lipinski definition) is 4. The third-order valence-electron chi connectivity index (χ3n) is 1.62. The maximum Gasteiger partial charge on any atom is 0.0590 e. The van der Waals surface area contributed by atoms with Gasteiger partial charge in [-0.3, -0.25) is 5.01 Å². The molecule has 2 rings (SSSR count). The molecule has 1 aromatic rings. The van der Waals surface area contributed by atoms with Crippen LogP contribution in [0.15, 0.2) is 41.6 Å². The summed E-state index contributed by atoms with van der Waals surface area (Å²) in [5.41, 5.74) is 6.88. The van der Waals surface area contributed by atoms with Crippen LogP contribution in [0.5, 0.6) is 0 Å². The molecule has 2 N–H and O–H groups in total. The van der Waals surface area contributed by atoms with E-state index in [0.717, 1.165) is 10.6 Å². The molecule has 0 radical (unpaired) electrons. The molecule has 62 valence electrons. The minimum Gasteiger partial charge on any atom is -0.309 e. The Bertz CT molecular complexity index is 294. The van der Waals surface area contributed by atoms with Gasteiger partial charge in [0.1, 0.15) is 0 Å². The number of nitrogens with one attached hydrogen (secondary N) is 2. The van der Waals surface area contributed by atoms with Crippen LogP contribution in [0, 0.1) is 0 Å².